The second kappa shape index (κ2) is 9.10. The Bertz CT molecular complexity index is 290. The summed E-state index contributed by atoms with van der Waals surface area (Å²) in [5.74, 6) is 0.208. The van der Waals surface area contributed by atoms with Crippen LogP contribution < -0.4 is 5.32 Å². The summed E-state index contributed by atoms with van der Waals surface area (Å²) in [6.45, 7) is 9.80. The molecule has 1 aromatic rings. The van der Waals surface area contributed by atoms with E-state index in [1.807, 2.05) is 45.0 Å². The van der Waals surface area contributed by atoms with Crippen molar-refractivity contribution < 1.29 is 4.79 Å². The Labute approximate surface area is 99.1 Å². The molecule has 1 rings (SSSR count). The van der Waals surface area contributed by atoms with E-state index < -0.39 is 0 Å². The number of rotatable bonds is 5. The SMILES string of the molecule is CC.CCNCc1ccc(C(=O)CC)cc1. The van der Waals surface area contributed by atoms with Crippen molar-refractivity contribution in [1.82, 2.24) is 5.32 Å². The maximum atomic E-state index is 11.3. The van der Waals surface area contributed by atoms with Crippen LogP contribution >= 0.6 is 0 Å². The van der Waals surface area contributed by atoms with Gasteiger partial charge in [-0.25, -0.2) is 0 Å². The maximum absolute atomic E-state index is 11.3. The van der Waals surface area contributed by atoms with E-state index in [2.05, 4.69) is 12.2 Å². The van der Waals surface area contributed by atoms with Crippen molar-refractivity contribution in [2.75, 3.05) is 6.54 Å². The number of hydrogen-bond donors (Lipinski definition) is 1. The van der Waals surface area contributed by atoms with Crippen molar-refractivity contribution in [3.05, 3.63) is 35.4 Å². The molecule has 0 aliphatic rings. The van der Waals surface area contributed by atoms with E-state index in [1.54, 1.807) is 0 Å². The molecular weight excluding hydrogens is 198 g/mol. The van der Waals surface area contributed by atoms with Crippen molar-refractivity contribution in [3.63, 3.8) is 0 Å². The molecule has 0 atom stereocenters. The summed E-state index contributed by atoms with van der Waals surface area (Å²) < 4.78 is 0. The molecule has 0 saturated carbocycles. The van der Waals surface area contributed by atoms with Gasteiger partial charge in [0.1, 0.15) is 0 Å². The van der Waals surface area contributed by atoms with Crippen LogP contribution in [0.3, 0.4) is 0 Å². The van der Waals surface area contributed by atoms with Crippen LogP contribution in [0.15, 0.2) is 24.3 Å². The molecule has 0 amide bonds. The number of nitrogens with one attached hydrogen (secondary N) is 1. The van der Waals surface area contributed by atoms with Crippen molar-refractivity contribution in [3.8, 4) is 0 Å². The van der Waals surface area contributed by atoms with Crippen LogP contribution in [0.2, 0.25) is 0 Å². The second-order valence-corrected chi connectivity index (χ2v) is 3.25. The highest BCUT2D eigenvalue weighted by Crippen LogP contribution is 2.06. The minimum absolute atomic E-state index is 0.208. The summed E-state index contributed by atoms with van der Waals surface area (Å²) in [5, 5.41) is 3.24. The molecule has 0 aliphatic heterocycles. The summed E-state index contributed by atoms with van der Waals surface area (Å²) in [7, 11) is 0. The quantitative estimate of drug-likeness (QED) is 0.772. The molecular formula is C14H23NO. The van der Waals surface area contributed by atoms with Crippen LogP contribution in [0.5, 0.6) is 0 Å². The number of ketones is 1. The molecule has 0 aliphatic carbocycles. The molecule has 90 valence electrons. The molecule has 0 spiro atoms. The van der Waals surface area contributed by atoms with Gasteiger partial charge in [-0.2, -0.15) is 0 Å². The van der Waals surface area contributed by atoms with Gasteiger partial charge in [-0.1, -0.05) is 52.0 Å². The molecule has 0 unspecified atom stereocenters. The Hall–Kier alpha value is -1.15. The first kappa shape index (κ1) is 14.8. The number of benzene rings is 1. The molecule has 0 saturated heterocycles. The summed E-state index contributed by atoms with van der Waals surface area (Å²) in [4.78, 5) is 11.3. The van der Waals surface area contributed by atoms with E-state index in [-0.39, 0.29) is 5.78 Å². The zero-order chi connectivity index (χ0) is 12.4. The number of carbonyl (C=O) groups is 1. The van der Waals surface area contributed by atoms with E-state index in [0.717, 1.165) is 18.7 Å². The predicted octanol–water partition coefficient (Wildman–Crippen LogP) is 3.42. The Morgan fingerprint density at radius 1 is 1.12 bits per heavy atom. The van der Waals surface area contributed by atoms with Crippen molar-refractivity contribution in [2.45, 2.75) is 40.7 Å². The Morgan fingerprint density at radius 2 is 1.69 bits per heavy atom. The highest BCUT2D eigenvalue weighted by molar-refractivity contribution is 5.95. The lowest BCUT2D eigenvalue weighted by Crippen LogP contribution is -2.11. The third-order valence-electron chi connectivity index (χ3n) is 2.18. The minimum atomic E-state index is 0.208. The van der Waals surface area contributed by atoms with Crippen LogP contribution in [0.1, 0.15) is 50.0 Å². The third-order valence-corrected chi connectivity index (χ3v) is 2.18. The third kappa shape index (κ3) is 5.08. The van der Waals surface area contributed by atoms with E-state index in [9.17, 15) is 4.79 Å². The van der Waals surface area contributed by atoms with Crippen molar-refractivity contribution in [1.29, 1.82) is 0 Å². The topological polar surface area (TPSA) is 29.1 Å². The molecule has 16 heavy (non-hydrogen) atoms. The average molecular weight is 221 g/mol. The van der Waals surface area contributed by atoms with Gasteiger partial charge in [0.05, 0.1) is 0 Å². The molecule has 0 fully saturated rings. The average Bonchev–Trinajstić information content (AvgIpc) is 2.38. The lowest BCUT2D eigenvalue weighted by Gasteiger charge is -2.03. The van der Waals surface area contributed by atoms with Gasteiger partial charge in [-0.3, -0.25) is 4.79 Å². The molecule has 1 N–H and O–H groups in total. The number of hydrogen-bond acceptors (Lipinski definition) is 2. The van der Waals surface area contributed by atoms with Crippen LogP contribution in [-0.2, 0) is 6.54 Å². The summed E-state index contributed by atoms with van der Waals surface area (Å²) in [5.41, 5.74) is 2.03. The summed E-state index contributed by atoms with van der Waals surface area (Å²) in [6.07, 6.45) is 0.576. The highest BCUT2D eigenvalue weighted by Gasteiger charge is 2.01. The van der Waals surface area contributed by atoms with Crippen LogP contribution in [0.4, 0.5) is 0 Å². The number of carbonyl (C=O) groups excluding carboxylic acids is 1. The van der Waals surface area contributed by atoms with Gasteiger partial charge in [-0.15, -0.1) is 0 Å². The monoisotopic (exact) mass is 221 g/mol. The Morgan fingerprint density at radius 3 is 2.12 bits per heavy atom. The zero-order valence-corrected chi connectivity index (χ0v) is 10.8. The van der Waals surface area contributed by atoms with Gasteiger partial charge in [0.15, 0.2) is 5.78 Å². The first-order valence-corrected chi connectivity index (χ1v) is 6.10. The molecule has 0 bridgehead atoms. The lowest BCUT2D eigenvalue weighted by molar-refractivity contribution is 0.0988. The van der Waals surface area contributed by atoms with Gasteiger partial charge in [0, 0.05) is 18.5 Å². The minimum Gasteiger partial charge on any atom is -0.313 e. The first-order chi connectivity index (χ1) is 7.77. The van der Waals surface area contributed by atoms with Gasteiger partial charge < -0.3 is 5.32 Å². The van der Waals surface area contributed by atoms with Crippen LogP contribution in [0, 0.1) is 0 Å². The molecule has 2 nitrogen and oxygen atoms in total. The highest BCUT2D eigenvalue weighted by atomic mass is 16.1. The fourth-order valence-electron chi connectivity index (χ4n) is 1.28. The molecule has 0 aromatic heterocycles. The predicted molar refractivity (Wildman–Crippen MR) is 69.8 cm³/mol. The van der Waals surface area contributed by atoms with Crippen LogP contribution in [0.25, 0.3) is 0 Å². The van der Waals surface area contributed by atoms with Gasteiger partial charge in [0.2, 0.25) is 0 Å². The fraction of sp³-hybridized carbons (Fsp3) is 0.500. The fourth-order valence-corrected chi connectivity index (χ4v) is 1.28. The number of Topliss-reactive ketones (excluding diaryl/α,β-unsaturated/α-hetero) is 1. The molecule has 0 heterocycles. The van der Waals surface area contributed by atoms with Gasteiger partial charge in [0.25, 0.3) is 0 Å². The first-order valence-electron chi connectivity index (χ1n) is 6.10. The lowest BCUT2D eigenvalue weighted by atomic mass is 10.1. The Balaban J connectivity index is 0.00000106. The van der Waals surface area contributed by atoms with Gasteiger partial charge in [-0.05, 0) is 12.1 Å². The largest absolute Gasteiger partial charge is 0.313 e. The van der Waals surface area contributed by atoms with E-state index in [0.29, 0.717) is 6.42 Å². The van der Waals surface area contributed by atoms with Gasteiger partial charge >= 0.3 is 0 Å². The van der Waals surface area contributed by atoms with E-state index in [1.165, 1.54) is 5.56 Å². The van der Waals surface area contributed by atoms with E-state index in [4.69, 9.17) is 0 Å². The van der Waals surface area contributed by atoms with Crippen molar-refractivity contribution in [2.24, 2.45) is 0 Å². The molecule has 1 aromatic carbocycles. The van der Waals surface area contributed by atoms with E-state index >= 15 is 0 Å². The zero-order valence-electron chi connectivity index (χ0n) is 10.8. The second-order valence-electron chi connectivity index (χ2n) is 3.25. The van der Waals surface area contributed by atoms with Crippen molar-refractivity contribution >= 4 is 5.78 Å². The maximum Gasteiger partial charge on any atom is 0.162 e. The summed E-state index contributed by atoms with van der Waals surface area (Å²) in [6, 6.07) is 7.81. The normalized spacial score (nSPS) is 9.25. The summed E-state index contributed by atoms with van der Waals surface area (Å²) >= 11 is 0. The standard InChI is InChI=1S/C12H17NO.C2H6/c1-3-12(14)11-7-5-10(6-8-11)9-13-4-2;1-2/h5-8,13H,3-4,9H2,1-2H3;1-2H3. The van der Waals surface area contributed by atoms with Crippen LogP contribution in [-0.4, -0.2) is 12.3 Å². The Kier molecular flexibility index (Phi) is 8.45. The molecule has 0 radical (unpaired) electrons. The molecule has 2 heteroatoms. The smallest absolute Gasteiger partial charge is 0.162 e.